The molecule has 5 heteroatoms. The van der Waals surface area contributed by atoms with Crippen molar-refractivity contribution in [3.63, 3.8) is 0 Å². The van der Waals surface area contributed by atoms with Crippen LogP contribution in [0.5, 0.6) is 5.75 Å². The summed E-state index contributed by atoms with van der Waals surface area (Å²) in [5.74, 6) is 0.973. The molecule has 0 bridgehead atoms. The third-order valence-electron chi connectivity index (χ3n) is 7.01. The van der Waals surface area contributed by atoms with Gasteiger partial charge in [-0.15, -0.1) is 0 Å². The van der Waals surface area contributed by atoms with Crippen LogP contribution in [0.2, 0.25) is 0 Å². The Morgan fingerprint density at radius 1 is 1.10 bits per heavy atom. The van der Waals surface area contributed by atoms with Crippen LogP contribution in [0.3, 0.4) is 0 Å². The number of anilines is 1. The molecule has 1 spiro atoms. The highest BCUT2D eigenvalue weighted by Crippen LogP contribution is 2.44. The Kier molecular flexibility index (Phi) is 4.77. The molecule has 0 radical (unpaired) electrons. The zero-order valence-electron chi connectivity index (χ0n) is 18.4. The number of ether oxygens (including phenoxy) is 1. The maximum absolute atomic E-state index is 13.0. The first-order valence-corrected chi connectivity index (χ1v) is 11.0. The number of nitrogens with one attached hydrogen (secondary N) is 1. The van der Waals surface area contributed by atoms with Gasteiger partial charge in [-0.2, -0.15) is 0 Å². The summed E-state index contributed by atoms with van der Waals surface area (Å²) in [4.78, 5) is 15.0. The molecule has 5 nitrogen and oxygen atoms in total. The van der Waals surface area contributed by atoms with Crippen LogP contribution < -0.4 is 10.1 Å². The fourth-order valence-corrected chi connectivity index (χ4v) is 5.09. The molecule has 3 aromatic rings. The van der Waals surface area contributed by atoms with Crippen molar-refractivity contribution in [3.05, 3.63) is 77.1 Å². The maximum Gasteiger partial charge on any atom is 0.226 e. The van der Waals surface area contributed by atoms with E-state index >= 15 is 0 Å². The summed E-state index contributed by atoms with van der Waals surface area (Å²) in [7, 11) is 1.65. The molecule has 1 saturated heterocycles. The van der Waals surface area contributed by atoms with E-state index in [4.69, 9.17) is 4.74 Å². The molecule has 0 unspecified atom stereocenters. The van der Waals surface area contributed by atoms with Crippen LogP contribution in [0, 0.1) is 13.8 Å². The van der Waals surface area contributed by atoms with Gasteiger partial charge < -0.3 is 19.5 Å². The third-order valence-corrected chi connectivity index (χ3v) is 7.01. The van der Waals surface area contributed by atoms with Crippen molar-refractivity contribution in [1.29, 1.82) is 0 Å². The number of amides is 1. The van der Waals surface area contributed by atoms with E-state index in [0.717, 1.165) is 37.2 Å². The summed E-state index contributed by atoms with van der Waals surface area (Å²) < 4.78 is 7.64. The van der Waals surface area contributed by atoms with Crippen molar-refractivity contribution >= 4 is 11.6 Å². The Morgan fingerprint density at radius 2 is 1.90 bits per heavy atom. The number of likely N-dealkylation sites (tertiary alicyclic amines) is 1. The minimum atomic E-state index is -0.134. The van der Waals surface area contributed by atoms with Crippen LogP contribution in [-0.2, 0) is 16.8 Å². The summed E-state index contributed by atoms with van der Waals surface area (Å²) in [5, 5.41) is 3.87. The van der Waals surface area contributed by atoms with Gasteiger partial charge in [0.05, 0.1) is 30.4 Å². The minimum Gasteiger partial charge on any atom is -0.497 e. The number of carbonyl (C=O) groups excluding carboxylic acids is 1. The predicted octanol–water partition coefficient (Wildman–Crippen LogP) is 4.59. The lowest BCUT2D eigenvalue weighted by molar-refractivity contribution is -0.132. The molecule has 1 N–H and O–H groups in total. The van der Waals surface area contributed by atoms with Gasteiger partial charge in [-0.1, -0.05) is 18.2 Å². The lowest BCUT2D eigenvalue weighted by atomic mass is 9.81. The highest BCUT2D eigenvalue weighted by atomic mass is 16.5. The average Bonchev–Trinajstić information content (AvgIpc) is 3.28. The van der Waals surface area contributed by atoms with Crippen LogP contribution >= 0.6 is 0 Å². The van der Waals surface area contributed by atoms with Gasteiger partial charge in [0, 0.05) is 25.0 Å². The first-order valence-electron chi connectivity index (χ1n) is 11.0. The number of piperidine rings is 1. The van der Waals surface area contributed by atoms with Crippen LogP contribution in [0.15, 0.2) is 54.7 Å². The van der Waals surface area contributed by atoms with Crippen LogP contribution in [-0.4, -0.2) is 35.6 Å². The Hall–Kier alpha value is -3.21. The topological polar surface area (TPSA) is 46.5 Å². The highest BCUT2D eigenvalue weighted by molar-refractivity contribution is 5.79. The highest BCUT2D eigenvalue weighted by Gasteiger charge is 2.42. The van der Waals surface area contributed by atoms with Gasteiger partial charge in [0.25, 0.3) is 0 Å². The van der Waals surface area contributed by atoms with Gasteiger partial charge in [-0.3, -0.25) is 4.79 Å². The SMILES string of the molecule is COc1cccc(CC(=O)N2CCC3(CC2)Nc2ccc(C)c(C)c2-n2cccc23)c1. The zero-order chi connectivity index (χ0) is 21.6. The fourth-order valence-electron chi connectivity index (χ4n) is 5.09. The first kappa shape index (κ1) is 19.7. The number of methoxy groups -OCH3 is 1. The second-order valence-corrected chi connectivity index (χ2v) is 8.78. The summed E-state index contributed by atoms with van der Waals surface area (Å²) in [5.41, 5.74) is 7.20. The lowest BCUT2D eigenvalue weighted by Gasteiger charge is -2.46. The number of benzene rings is 2. The quantitative estimate of drug-likeness (QED) is 0.681. The van der Waals surface area contributed by atoms with Crippen LogP contribution in [0.1, 0.15) is 35.2 Å². The summed E-state index contributed by atoms with van der Waals surface area (Å²) in [6, 6.07) is 16.5. The minimum absolute atomic E-state index is 0.134. The number of hydrogen-bond donors (Lipinski definition) is 1. The largest absolute Gasteiger partial charge is 0.497 e. The molecule has 1 aromatic heterocycles. The molecule has 3 heterocycles. The molecule has 2 aliphatic heterocycles. The molecule has 5 rings (SSSR count). The number of aryl methyl sites for hydroxylation is 1. The van der Waals surface area contributed by atoms with Gasteiger partial charge in [0.1, 0.15) is 5.75 Å². The van der Waals surface area contributed by atoms with Crippen molar-refractivity contribution < 1.29 is 9.53 Å². The standard InChI is InChI=1S/C26H29N3O2/c1-18-9-10-22-25(19(18)2)29-13-5-8-23(29)26(27-22)11-14-28(15-12-26)24(30)17-20-6-4-7-21(16-20)31-3/h4-10,13,16,27H,11-12,14-15,17H2,1-3H3. The first-order chi connectivity index (χ1) is 15.0. The molecular weight excluding hydrogens is 386 g/mol. The van der Waals surface area contributed by atoms with Crippen LogP contribution in [0.4, 0.5) is 5.69 Å². The average molecular weight is 416 g/mol. The van der Waals surface area contributed by atoms with Crippen molar-refractivity contribution in [2.75, 3.05) is 25.5 Å². The number of nitrogens with zero attached hydrogens (tertiary/aromatic N) is 2. The Morgan fingerprint density at radius 3 is 2.68 bits per heavy atom. The van der Waals surface area contributed by atoms with Crippen molar-refractivity contribution in [1.82, 2.24) is 9.47 Å². The molecule has 2 aromatic carbocycles. The van der Waals surface area contributed by atoms with Gasteiger partial charge in [0.2, 0.25) is 5.91 Å². The Labute approximate surface area is 183 Å². The third kappa shape index (κ3) is 3.29. The number of fused-ring (bicyclic) bond motifs is 4. The van der Waals surface area contributed by atoms with Gasteiger partial charge in [0.15, 0.2) is 0 Å². The molecule has 1 fully saturated rings. The van der Waals surface area contributed by atoms with E-state index in [1.165, 1.54) is 28.2 Å². The predicted molar refractivity (Wildman–Crippen MR) is 123 cm³/mol. The van der Waals surface area contributed by atoms with E-state index < -0.39 is 0 Å². The van der Waals surface area contributed by atoms with Crippen molar-refractivity contribution in [2.45, 2.75) is 38.6 Å². The van der Waals surface area contributed by atoms with E-state index in [2.05, 4.69) is 54.2 Å². The van der Waals surface area contributed by atoms with Crippen molar-refractivity contribution in [3.8, 4) is 11.4 Å². The molecule has 0 atom stereocenters. The second-order valence-electron chi connectivity index (χ2n) is 8.78. The van der Waals surface area contributed by atoms with Crippen molar-refractivity contribution in [2.24, 2.45) is 0 Å². The smallest absolute Gasteiger partial charge is 0.226 e. The van der Waals surface area contributed by atoms with E-state index in [1.807, 2.05) is 29.2 Å². The molecule has 31 heavy (non-hydrogen) atoms. The normalized spacial score (nSPS) is 16.4. The zero-order valence-corrected chi connectivity index (χ0v) is 18.4. The Bertz CT molecular complexity index is 1140. The van der Waals surface area contributed by atoms with Gasteiger partial charge >= 0.3 is 0 Å². The number of aromatic nitrogens is 1. The maximum atomic E-state index is 13.0. The van der Waals surface area contributed by atoms with E-state index in [9.17, 15) is 4.79 Å². The summed E-state index contributed by atoms with van der Waals surface area (Å²) in [6.45, 7) is 5.86. The molecular formula is C26H29N3O2. The molecule has 160 valence electrons. The summed E-state index contributed by atoms with van der Waals surface area (Å²) in [6.07, 6.45) is 4.37. The number of hydrogen-bond acceptors (Lipinski definition) is 3. The number of carbonyl (C=O) groups is 1. The molecule has 0 aliphatic carbocycles. The lowest BCUT2D eigenvalue weighted by Crippen LogP contribution is -2.51. The Balaban J connectivity index is 1.35. The molecule has 2 aliphatic rings. The number of rotatable bonds is 3. The fraction of sp³-hybridized carbons (Fsp3) is 0.346. The monoisotopic (exact) mass is 415 g/mol. The molecule has 1 amide bonds. The van der Waals surface area contributed by atoms with Gasteiger partial charge in [-0.25, -0.2) is 0 Å². The van der Waals surface area contributed by atoms with E-state index in [0.29, 0.717) is 6.42 Å². The summed E-state index contributed by atoms with van der Waals surface area (Å²) >= 11 is 0. The molecule has 0 saturated carbocycles. The van der Waals surface area contributed by atoms with Gasteiger partial charge in [-0.05, 0) is 73.7 Å². The van der Waals surface area contributed by atoms with E-state index in [-0.39, 0.29) is 11.4 Å². The van der Waals surface area contributed by atoms with Crippen LogP contribution in [0.25, 0.3) is 5.69 Å². The van der Waals surface area contributed by atoms with E-state index in [1.54, 1.807) is 7.11 Å². The second kappa shape index (κ2) is 7.49.